The van der Waals surface area contributed by atoms with Crippen molar-refractivity contribution in [3.8, 4) is 22.8 Å². The molecule has 2 heterocycles. The van der Waals surface area contributed by atoms with Crippen LogP contribution in [-0.4, -0.2) is 24.1 Å². The lowest BCUT2D eigenvalue weighted by Crippen LogP contribution is -1.97. The van der Waals surface area contributed by atoms with Gasteiger partial charge in [0.15, 0.2) is 15.5 Å². The molecule has 0 saturated heterocycles. The maximum absolute atomic E-state index is 11.8. The number of imidazole rings is 1. The molecule has 0 aliphatic rings. The highest BCUT2D eigenvalue weighted by atomic mass is 32.2. The van der Waals surface area contributed by atoms with Gasteiger partial charge in [-0.25, -0.2) is 13.4 Å². The molecule has 0 spiro atoms. The van der Waals surface area contributed by atoms with Crippen LogP contribution in [0.5, 0.6) is 11.5 Å². The van der Waals surface area contributed by atoms with E-state index in [1.807, 2.05) is 47.0 Å². The van der Waals surface area contributed by atoms with E-state index in [4.69, 9.17) is 15.5 Å². The molecule has 154 valence electrons. The number of benzene rings is 2. The number of sulfone groups is 1. The molecule has 6 nitrogen and oxygen atoms in total. The molecule has 0 amide bonds. The van der Waals surface area contributed by atoms with Crippen molar-refractivity contribution >= 4 is 21.2 Å². The van der Waals surface area contributed by atoms with Gasteiger partial charge >= 0.3 is 0 Å². The molecule has 0 saturated carbocycles. The highest BCUT2D eigenvalue weighted by Gasteiger charge is 2.18. The quantitative estimate of drug-likeness (QED) is 0.495. The van der Waals surface area contributed by atoms with Gasteiger partial charge in [0.1, 0.15) is 11.5 Å². The van der Waals surface area contributed by atoms with E-state index < -0.39 is 9.84 Å². The number of aromatic nitrogens is 2. The maximum atomic E-state index is 11.8. The highest BCUT2D eigenvalue weighted by Crippen LogP contribution is 2.34. The Morgan fingerprint density at radius 3 is 2.40 bits per heavy atom. The number of nitrogens with two attached hydrogens (primary N) is 1. The number of anilines is 1. The first-order valence-electron chi connectivity index (χ1n) is 9.59. The Morgan fingerprint density at radius 1 is 1.00 bits per heavy atom. The summed E-state index contributed by atoms with van der Waals surface area (Å²) in [6, 6.07) is 17.9. The van der Waals surface area contributed by atoms with E-state index in [0.717, 1.165) is 22.6 Å². The van der Waals surface area contributed by atoms with Crippen LogP contribution < -0.4 is 10.5 Å². The molecule has 0 bridgehead atoms. The second kappa shape index (κ2) is 7.50. The molecule has 4 aromatic rings. The van der Waals surface area contributed by atoms with Crippen LogP contribution in [0.2, 0.25) is 0 Å². The smallest absolute Gasteiger partial charge is 0.175 e. The summed E-state index contributed by atoms with van der Waals surface area (Å²) in [5, 5.41) is 0. The molecule has 2 N–H and O–H groups in total. The number of rotatable bonds is 5. The molecule has 30 heavy (non-hydrogen) atoms. The van der Waals surface area contributed by atoms with Crippen LogP contribution in [0.25, 0.3) is 16.9 Å². The van der Waals surface area contributed by atoms with Crippen molar-refractivity contribution in [1.82, 2.24) is 9.38 Å². The number of hydrogen-bond acceptors (Lipinski definition) is 5. The van der Waals surface area contributed by atoms with Crippen LogP contribution in [0.4, 0.5) is 5.69 Å². The third kappa shape index (κ3) is 3.76. The summed E-state index contributed by atoms with van der Waals surface area (Å²) in [7, 11) is -3.31. The SMILES string of the molecule is CC(C)c1nc2c(N)cccn2c1-c1cccc(Oc2cccc(S(C)(=O)=O)c2)c1. The predicted molar refractivity (Wildman–Crippen MR) is 119 cm³/mol. The van der Waals surface area contributed by atoms with Crippen LogP contribution in [0.3, 0.4) is 0 Å². The van der Waals surface area contributed by atoms with Gasteiger partial charge in [0.2, 0.25) is 0 Å². The van der Waals surface area contributed by atoms with Crippen molar-refractivity contribution in [2.45, 2.75) is 24.7 Å². The van der Waals surface area contributed by atoms with Crippen molar-refractivity contribution in [3.05, 3.63) is 72.6 Å². The van der Waals surface area contributed by atoms with Crippen LogP contribution in [0.1, 0.15) is 25.5 Å². The van der Waals surface area contributed by atoms with Crippen molar-refractivity contribution < 1.29 is 13.2 Å². The van der Waals surface area contributed by atoms with Gasteiger partial charge in [-0.15, -0.1) is 0 Å². The van der Waals surface area contributed by atoms with Gasteiger partial charge in [0.05, 0.1) is 22.0 Å². The molecule has 0 unspecified atom stereocenters. The fraction of sp³-hybridized carbons (Fsp3) is 0.174. The molecule has 7 heteroatoms. The average molecular weight is 422 g/mol. The number of pyridine rings is 1. The molecular weight excluding hydrogens is 398 g/mol. The molecule has 0 aliphatic heterocycles. The molecule has 2 aromatic heterocycles. The molecule has 0 aliphatic carbocycles. The van der Waals surface area contributed by atoms with E-state index in [0.29, 0.717) is 17.2 Å². The first kappa shape index (κ1) is 20.0. The summed E-state index contributed by atoms with van der Waals surface area (Å²) >= 11 is 0. The highest BCUT2D eigenvalue weighted by molar-refractivity contribution is 7.90. The summed E-state index contributed by atoms with van der Waals surface area (Å²) in [5.74, 6) is 1.27. The first-order chi connectivity index (χ1) is 14.2. The van der Waals surface area contributed by atoms with E-state index in [2.05, 4.69) is 13.8 Å². The minimum atomic E-state index is -3.31. The fourth-order valence-corrected chi connectivity index (χ4v) is 4.06. The number of hydrogen-bond donors (Lipinski definition) is 1. The topological polar surface area (TPSA) is 86.7 Å². The lowest BCUT2D eigenvalue weighted by molar-refractivity contribution is 0.481. The average Bonchev–Trinajstić information content (AvgIpc) is 3.09. The van der Waals surface area contributed by atoms with Crippen LogP contribution >= 0.6 is 0 Å². The summed E-state index contributed by atoms with van der Waals surface area (Å²) in [5.41, 5.74) is 10.3. The van der Waals surface area contributed by atoms with Gasteiger partial charge < -0.3 is 10.5 Å². The third-order valence-corrected chi connectivity index (χ3v) is 5.94. The molecular formula is C23H23N3O3S. The second-order valence-electron chi connectivity index (χ2n) is 7.53. The van der Waals surface area contributed by atoms with E-state index in [-0.39, 0.29) is 10.8 Å². The lowest BCUT2D eigenvalue weighted by Gasteiger charge is -2.11. The Kier molecular flexibility index (Phi) is 4.99. The maximum Gasteiger partial charge on any atom is 0.175 e. The summed E-state index contributed by atoms with van der Waals surface area (Å²) in [6.07, 6.45) is 3.12. The van der Waals surface area contributed by atoms with Crippen molar-refractivity contribution in [2.75, 3.05) is 12.0 Å². The number of fused-ring (bicyclic) bond motifs is 1. The third-order valence-electron chi connectivity index (χ3n) is 4.83. The molecule has 4 rings (SSSR count). The molecule has 0 radical (unpaired) electrons. The number of nitrogen functional groups attached to an aromatic ring is 1. The van der Waals surface area contributed by atoms with Crippen LogP contribution in [-0.2, 0) is 9.84 Å². The molecule has 0 fully saturated rings. The Morgan fingerprint density at radius 2 is 1.70 bits per heavy atom. The first-order valence-corrected chi connectivity index (χ1v) is 11.5. The minimum absolute atomic E-state index is 0.204. The lowest BCUT2D eigenvalue weighted by atomic mass is 10.0. The minimum Gasteiger partial charge on any atom is -0.457 e. The summed E-state index contributed by atoms with van der Waals surface area (Å²) in [4.78, 5) is 4.99. The van der Waals surface area contributed by atoms with Crippen LogP contribution in [0, 0.1) is 0 Å². The summed E-state index contributed by atoms with van der Waals surface area (Å²) < 4.78 is 31.6. The molecule has 0 atom stereocenters. The zero-order chi connectivity index (χ0) is 21.5. The summed E-state index contributed by atoms with van der Waals surface area (Å²) in [6.45, 7) is 4.19. The normalized spacial score (nSPS) is 11.9. The Labute approximate surface area is 175 Å². The van der Waals surface area contributed by atoms with E-state index in [1.54, 1.807) is 18.2 Å². The van der Waals surface area contributed by atoms with Gasteiger partial charge in [-0.05, 0) is 48.4 Å². The Bertz CT molecular complexity index is 1340. The zero-order valence-electron chi connectivity index (χ0n) is 17.0. The van der Waals surface area contributed by atoms with Crippen LogP contribution in [0.15, 0.2) is 71.8 Å². The Balaban J connectivity index is 1.78. The largest absolute Gasteiger partial charge is 0.457 e. The molecule has 2 aromatic carbocycles. The van der Waals surface area contributed by atoms with E-state index in [1.165, 1.54) is 12.3 Å². The van der Waals surface area contributed by atoms with E-state index >= 15 is 0 Å². The van der Waals surface area contributed by atoms with Crippen molar-refractivity contribution in [3.63, 3.8) is 0 Å². The number of ether oxygens (including phenoxy) is 1. The zero-order valence-corrected chi connectivity index (χ0v) is 17.8. The van der Waals surface area contributed by atoms with Gasteiger partial charge in [0.25, 0.3) is 0 Å². The van der Waals surface area contributed by atoms with E-state index in [9.17, 15) is 8.42 Å². The Hall–Kier alpha value is -3.32. The van der Waals surface area contributed by atoms with Gasteiger partial charge in [-0.2, -0.15) is 0 Å². The van der Waals surface area contributed by atoms with Crippen molar-refractivity contribution in [2.24, 2.45) is 0 Å². The monoisotopic (exact) mass is 421 g/mol. The second-order valence-corrected chi connectivity index (χ2v) is 9.55. The fourth-order valence-electron chi connectivity index (χ4n) is 3.41. The van der Waals surface area contributed by atoms with Gasteiger partial charge in [0, 0.05) is 18.0 Å². The number of nitrogens with zero attached hydrogens (tertiary/aromatic N) is 2. The van der Waals surface area contributed by atoms with Gasteiger partial charge in [-0.3, -0.25) is 4.40 Å². The van der Waals surface area contributed by atoms with Crippen molar-refractivity contribution in [1.29, 1.82) is 0 Å². The standard InChI is InChI=1S/C23H23N3O3S/c1-15(2)21-22(26-12-6-11-20(24)23(26)25-21)16-7-4-8-17(13-16)29-18-9-5-10-19(14-18)30(3,27)28/h4-15H,24H2,1-3H3. The van der Waals surface area contributed by atoms with Gasteiger partial charge in [-0.1, -0.05) is 32.0 Å². The predicted octanol–water partition coefficient (Wildman–Crippen LogP) is 4.90.